The Labute approximate surface area is 99.8 Å². The zero-order valence-corrected chi connectivity index (χ0v) is 10.5. The molecule has 0 amide bonds. The minimum absolute atomic E-state index is 0.820. The van der Waals surface area contributed by atoms with Gasteiger partial charge in [-0.2, -0.15) is 0 Å². The summed E-state index contributed by atoms with van der Waals surface area (Å²) in [4.78, 5) is 2.83. The summed E-state index contributed by atoms with van der Waals surface area (Å²) in [6, 6.07) is 1.69. The van der Waals surface area contributed by atoms with Crippen LogP contribution in [-0.4, -0.2) is 36.6 Å². The fourth-order valence-electron chi connectivity index (χ4n) is 3.75. The van der Waals surface area contributed by atoms with Crippen molar-refractivity contribution in [2.45, 2.75) is 63.5 Å². The first-order valence-corrected chi connectivity index (χ1v) is 7.41. The lowest BCUT2D eigenvalue weighted by Crippen LogP contribution is -2.52. The van der Waals surface area contributed by atoms with Crippen LogP contribution < -0.4 is 5.32 Å². The average Bonchev–Trinajstić information content (AvgIpc) is 2.77. The molecule has 2 heterocycles. The Balaban J connectivity index is 1.58. The van der Waals surface area contributed by atoms with Crippen LogP contribution in [0, 0.1) is 5.92 Å². The summed E-state index contributed by atoms with van der Waals surface area (Å²) in [5, 5.41) is 3.72. The summed E-state index contributed by atoms with van der Waals surface area (Å²) < 4.78 is 0. The monoisotopic (exact) mass is 222 g/mol. The van der Waals surface area contributed by atoms with Gasteiger partial charge in [0.2, 0.25) is 0 Å². The Hall–Kier alpha value is -0.0800. The third kappa shape index (κ3) is 2.28. The molecule has 16 heavy (non-hydrogen) atoms. The van der Waals surface area contributed by atoms with Gasteiger partial charge < -0.3 is 5.32 Å². The van der Waals surface area contributed by atoms with Crippen LogP contribution in [0.1, 0.15) is 51.4 Å². The van der Waals surface area contributed by atoms with Crippen LogP contribution >= 0.6 is 0 Å². The SMILES string of the molecule is C1CC(CN2CCCCC2C2CCCN2)C1. The maximum Gasteiger partial charge on any atom is 0.0249 e. The van der Waals surface area contributed by atoms with Gasteiger partial charge in [0.05, 0.1) is 0 Å². The van der Waals surface area contributed by atoms with Gasteiger partial charge in [-0.1, -0.05) is 12.8 Å². The van der Waals surface area contributed by atoms with E-state index in [1.54, 1.807) is 0 Å². The summed E-state index contributed by atoms with van der Waals surface area (Å²) in [6.45, 7) is 4.04. The normalized spacial score (nSPS) is 37.5. The van der Waals surface area contributed by atoms with Gasteiger partial charge in [-0.15, -0.1) is 0 Å². The minimum Gasteiger partial charge on any atom is -0.312 e. The summed E-state index contributed by atoms with van der Waals surface area (Å²) in [7, 11) is 0. The number of rotatable bonds is 3. The molecule has 0 aromatic rings. The van der Waals surface area contributed by atoms with Crippen LogP contribution in [0.4, 0.5) is 0 Å². The molecule has 3 fully saturated rings. The average molecular weight is 222 g/mol. The van der Waals surface area contributed by atoms with E-state index in [2.05, 4.69) is 10.2 Å². The van der Waals surface area contributed by atoms with Crippen molar-refractivity contribution in [1.82, 2.24) is 10.2 Å². The van der Waals surface area contributed by atoms with E-state index >= 15 is 0 Å². The van der Waals surface area contributed by atoms with Gasteiger partial charge in [0.1, 0.15) is 0 Å². The molecule has 2 unspecified atom stereocenters. The summed E-state index contributed by atoms with van der Waals surface area (Å²) in [6.07, 6.45) is 11.7. The van der Waals surface area contributed by atoms with E-state index in [1.807, 2.05) is 0 Å². The predicted octanol–water partition coefficient (Wildman–Crippen LogP) is 2.39. The lowest BCUT2D eigenvalue weighted by Gasteiger charge is -2.42. The fraction of sp³-hybridized carbons (Fsp3) is 1.00. The highest BCUT2D eigenvalue weighted by molar-refractivity contribution is 4.91. The summed E-state index contributed by atoms with van der Waals surface area (Å²) >= 11 is 0. The molecule has 2 aliphatic heterocycles. The highest BCUT2D eigenvalue weighted by Crippen LogP contribution is 2.31. The third-order valence-corrected chi connectivity index (χ3v) is 4.94. The van der Waals surface area contributed by atoms with Gasteiger partial charge in [-0.25, -0.2) is 0 Å². The van der Waals surface area contributed by atoms with E-state index in [9.17, 15) is 0 Å². The molecule has 92 valence electrons. The molecule has 1 N–H and O–H groups in total. The van der Waals surface area contributed by atoms with Crippen molar-refractivity contribution >= 4 is 0 Å². The van der Waals surface area contributed by atoms with Crippen LogP contribution in [0.15, 0.2) is 0 Å². The second kappa shape index (κ2) is 5.05. The first-order chi connectivity index (χ1) is 7.93. The molecule has 2 atom stereocenters. The fourth-order valence-corrected chi connectivity index (χ4v) is 3.75. The van der Waals surface area contributed by atoms with Crippen molar-refractivity contribution in [3.05, 3.63) is 0 Å². The molecule has 1 saturated carbocycles. The molecule has 0 bridgehead atoms. The molecule has 0 spiro atoms. The van der Waals surface area contributed by atoms with Crippen LogP contribution in [-0.2, 0) is 0 Å². The van der Waals surface area contributed by atoms with Gasteiger partial charge in [-0.05, 0) is 57.5 Å². The maximum absolute atomic E-state index is 3.72. The number of hydrogen-bond acceptors (Lipinski definition) is 2. The van der Waals surface area contributed by atoms with E-state index in [4.69, 9.17) is 0 Å². The van der Waals surface area contributed by atoms with Crippen molar-refractivity contribution in [1.29, 1.82) is 0 Å². The quantitative estimate of drug-likeness (QED) is 0.789. The molecule has 0 radical (unpaired) electrons. The molecular weight excluding hydrogens is 196 g/mol. The third-order valence-electron chi connectivity index (χ3n) is 4.94. The zero-order valence-electron chi connectivity index (χ0n) is 10.5. The van der Waals surface area contributed by atoms with E-state index in [0.717, 1.165) is 18.0 Å². The van der Waals surface area contributed by atoms with Crippen LogP contribution in [0.25, 0.3) is 0 Å². The van der Waals surface area contributed by atoms with Gasteiger partial charge in [0.15, 0.2) is 0 Å². The van der Waals surface area contributed by atoms with Crippen molar-refractivity contribution < 1.29 is 0 Å². The van der Waals surface area contributed by atoms with E-state index in [1.165, 1.54) is 71.0 Å². The number of nitrogens with zero attached hydrogens (tertiary/aromatic N) is 1. The predicted molar refractivity (Wildman–Crippen MR) is 67.6 cm³/mol. The first-order valence-electron chi connectivity index (χ1n) is 7.41. The van der Waals surface area contributed by atoms with E-state index in [-0.39, 0.29) is 0 Å². The largest absolute Gasteiger partial charge is 0.312 e. The Morgan fingerprint density at radius 1 is 0.938 bits per heavy atom. The molecule has 2 saturated heterocycles. The molecule has 3 aliphatic rings. The molecule has 0 aromatic heterocycles. The van der Waals surface area contributed by atoms with Crippen molar-refractivity contribution in [3.8, 4) is 0 Å². The van der Waals surface area contributed by atoms with E-state index < -0.39 is 0 Å². The molecule has 0 aromatic carbocycles. The zero-order chi connectivity index (χ0) is 10.8. The summed E-state index contributed by atoms with van der Waals surface area (Å²) in [5.41, 5.74) is 0. The Bertz CT molecular complexity index is 219. The second-order valence-corrected chi connectivity index (χ2v) is 6.06. The molecule has 2 nitrogen and oxygen atoms in total. The molecule has 1 aliphatic carbocycles. The van der Waals surface area contributed by atoms with Gasteiger partial charge in [0.25, 0.3) is 0 Å². The second-order valence-electron chi connectivity index (χ2n) is 6.06. The Morgan fingerprint density at radius 2 is 1.88 bits per heavy atom. The van der Waals surface area contributed by atoms with Crippen molar-refractivity contribution in [3.63, 3.8) is 0 Å². The highest BCUT2D eigenvalue weighted by atomic mass is 15.2. The van der Waals surface area contributed by atoms with Gasteiger partial charge in [0, 0.05) is 18.6 Å². The standard InChI is InChI=1S/C14H26N2/c1-2-10-16(11-12-5-3-6-12)14(8-1)13-7-4-9-15-13/h12-15H,1-11H2. The lowest BCUT2D eigenvalue weighted by molar-refractivity contribution is 0.0814. The molecule has 2 heteroatoms. The Kier molecular flexibility index (Phi) is 3.49. The van der Waals surface area contributed by atoms with Gasteiger partial charge in [-0.3, -0.25) is 4.90 Å². The first kappa shape index (κ1) is 11.0. The van der Waals surface area contributed by atoms with Crippen LogP contribution in [0.5, 0.6) is 0 Å². The topological polar surface area (TPSA) is 15.3 Å². The van der Waals surface area contributed by atoms with Crippen molar-refractivity contribution in [2.75, 3.05) is 19.6 Å². The molecular formula is C14H26N2. The lowest BCUT2D eigenvalue weighted by atomic mass is 9.83. The minimum atomic E-state index is 0.820. The molecule has 3 rings (SSSR count). The number of likely N-dealkylation sites (tertiary alicyclic amines) is 1. The Morgan fingerprint density at radius 3 is 2.56 bits per heavy atom. The number of piperidine rings is 1. The van der Waals surface area contributed by atoms with Gasteiger partial charge >= 0.3 is 0 Å². The smallest absolute Gasteiger partial charge is 0.0249 e. The van der Waals surface area contributed by atoms with Crippen molar-refractivity contribution in [2.24, 2.45) is 5.92 Å². The van der Waals surface area contributed by atoms with Crippen LogP contribution in [0.2, 0.25) is 0 Å². The summed E-state index contributed by atoms with van der Waals surface area (Å²) in [5.74, 6) is 1.04. The number of nitrogens with one attached hydrogen (secondary N) is 1. The van der Waals surface area contributed by atoms with Crippen LogP contribution in [0.3, 0.4) is 0 Å². The highest BCUT2D eigenvalue weighted by Gasteiger charge is 2.33. The maximum atomic E-state index is 3.72. The number of hydrogen-bond donors (Lipinski definition) is 1. The van der Waals surface area contributed by atoms with E-state index in [0.29, 0.717) is 0 Å².